The molecule has 0 spiro atoms. The summed E-state index contributed by atoms with van der Waals surface area (Å²) >= 11 is 0. The Morgan fingerprint density at radius 2 is 1.64 bits per heavy atom. The highest BCUT2D eigenvalue weighted by Crippen LogP contribution is 2.22. The molecule has 200 valence electrons. The second-order valence-corrected chi connectivity index (χ2v) is 9.90. The summed E-state index contributed by atoms with van der Waals surface area (Å²) in [5.74, 6) is -0.0402. The van der Waals surface area contributed by atoms with Gasteiger partial charge in [-0.05, 0) is 55.2 Å². The lowest BCUT2D eigenvalue weighted by atomic mass is 10.0. The third kappa shape index (κ3) is 5.96. The topological polar surface area (TPSA) is 130 Å². The van der Waals surface area contributed by atoms with Crippen LogP contribution in [0.2, 0.25) is 0 Å². The Morgan fingerprint density at radius 3 is 2.21 bits per heavy atom. The first kappa shape index (κ1) is 26.1. The Kier molecular flexibility index (Phi) is 7.38. The number of carbonyl (C=O) groups is 2. The van der Waals surface area contributed by atoms with Crippen LogP contribution in [0, 0.1) is 6.92 Å². The van der Waals surface area contributed by atoms with Crippen LogP contribution in [-0.2, 0) is 13.0 Å². The Bertz CT molecular complexity index is 1460. The van der Waals surface area contributed by atoms with E-state index in [-0.39, 0.29) is 11.9 Å². The lowest BCUT2D eigenvalue weighted by Gasteiger charge is -2.38. The number of primary amides is 1. The van der Waals surface area contributed by atoms with Gasteiger partial charge in [-0.25, -0.2) is 14.5 Å². The van der Waals surface area contributed by atoms with E-state index >= 15 is 0 Å². The molecule has 2 aromatic heterocycles. The second-order valence-electron chi connectivity index (χ2n) is 9.90. The van der Waals surface area contributed by atoms with E-state index in [1.807, 2.05) is 43.5 Å². The van der Waals surface area contributed by atoms with Gasteiger partial charge in [0.05, 0.1) is 11.4 Å². The Hall–Kier alpha value is -4.57. The quantitative estimate of drug-likeness (QED) is 0.378. The third-order valence-corrected chi connectivity index (χ3v) is 7.03. The van der Waals surface area contributed by atoms with Crippen LogP contribution >= 0.6 is 0 Å². The highest BCUT2D eigenvalue weighted by molar-refractivity contribution is 5.88. The molecule has 1 aliphatic heterocycles. The van der Waals surface area contributed by atoms with E-state index in [2.05, 4.69) is 50.3 Å². The van der Waals surface area contributed by atoms with E-state index in [0.717, 1.165) is 34.5 Å². The van der Waals surface area contributed by atoms with Crippen molar-refractivity contribution in [2.24, 2.45) is 5.73 Å². The SMILES string of the molecule is Cc1nc(C(N)=O)nn1-c1ccc(Cc2ccc(-c3ccc(CN4CCN(C(=O)O)C(C)C4)nc3)cc2)cc1. The van der Waals surface area contributed by atoms with Crippen LogP contribution in [-0.4, -0.2) is 72.3 Å². The van der Waals surface area contributed by atoms with E-state index in [9.17, 15) is 14.7 Å². The molecule has 1 aliphatic rings. The number of pyridine rings is 1. The smallest absolute Gasteiger partial charge is 0.407 e. The number of aromatic nitrogens is 4. The summed E-state index contributed by atoms with van der Waals surface area (Å²) in [4.78, 5) is 35.1. The van der Waals surface area contributed by atoms with Gasteiger partial charge in [0.2, 0.25) is 5.82 Å². The highest BCUT2D eigenvalue weighted by Gasteiger charge is 2.27. The number of carbonyl (C=O) groups excluding carboxylic acids is 1. The number of rotatable bonds is 7. The zero-order chi connectivity index (χ0) is 27.5. The molecule has 4 aromatic rings. The predicted molar refractivity (Wildman–Crippen MR) is 147 cm³/mol. The number of piperazine rings is 1. The highest BCUT2D eigenvalue weighted by atomic mass is 16.4. The molecule has 0 bridgehead atoms. The molecule has 3 heterocycles. The van der Waals surface area contributed by atoms with Gasteiger partial charge < -0.3 is 15.7 Å². The van der Waals surface area contributed by atoms with Crippen LogP contribution in [0.1, 0.15) is 40.2 Å². The summed E-state index contributed by atoms with van der Waals surface area (Å²) < 4.78 is 1.61. The fourth-order valence-electron chi connectivity index (χ4n) is 4.92. The van der Waals surface area contributed by atoms with Crippen molar-refractivity contribution >= 4 is 12.0 Å². The van der Waals surface area contributed by atoms with Crippen molar-refractivity contribution in [3.63, 3.8) is 0 Å². The van der Waals surface area contributed by atoms with Gasteiger partial charge in [0.1, 0.15) is 5.82 Å². The van der Waals surface area contributed by atoms with Crippen molar-refractivity contribution in [1.29, 1.82) is 0 Å². The molecule has 5 rings (SSSR count). The first-order valence-corrected chi connectivity index (χ1v) is 12.9. The van der Waals surface area contributed by atoms with Crippen molar-refractivity contribution < 1.29 is 14.7 Å². The number of carboxylic acid groups (broad SMARTS) is 1. The lowest BCUT2D eigenvalue weighted by Crippen LogP contribution is -2.53. The number of benzene rings is 2. The molecule has 0 aliphatic carbocycles. The molecule has 0 radical (unpaired) electrons. The summed E-state index contributed by atoms with van der Waals surface area (Å²) in [5, 5.41) is 13.4. The van der Waals surface area contributed by atoms with Crippen LogP contribution in [0.4, 0.5) is 4.79 Å². The van der Waals surface area contributed by atoms with Crippen LogP contribution in [0.15, 0.2) is 66.9 Å². The molecule has 39 heavy (non-hydrogen) atoms. The van der Waals surface area contributed by atoms with Crippen molar-refractivity contribution in [3.8, 4) is 16.8 Å². The summed E-state index contributed by atoms with van der Waals surface area (Å²) in [6.45, 7) is 6.36. The summed E-state index contributed by atoms with van der Waals surface area (Å²) in [7, 11) is 0. The molecular weight excluding hydrogens is 494 g/mol. The maximum Gasteiger partial charge on any atom is 0.407 e. The zero-order valence-electron chi connectivity index (χ0n) is 22.0. The monoisotopic (exact) mass is 525 g/mol. The Balaban J connectivity index is 1.18. The molecule has 0 saturated carbocycles. The molecule has 2 amide bonds. The van der Waals surface area contributed by atoms with E-state index < -0.39 is 12.0 Å². The van der Waals surface area contributed by atoms with Crippen molar-refractivity contribution in [3.05, 3.63) is 95.3 Å². The molecule has 10 heteroatoms. The number of aryl methyl sites for hydroxylation is 1. The third-order valence-electron chi connectivity index (χ3n) is 7.03. The minimum Gasteiger partial charge on any atom is -0.465 e. The number of hydrogen-bond donors (Lipinski definition) is 2. The first-order chi connectivity index (χ1) is 18.8. The predicted octanol–water partition coefficient (Wildman–Crippen LogP) is 3.51. The number of nitrogens with zero attached hydrogens (tertiary/aromatic N) is 6. The number of amides is 2. The molecule has 2 aromatic carbocycles. The largest absolute Gasteiger partial charge is 0.465 e. The fourth-order valence-corrected chi connectivity index (χ4v) is 4.92. The molecule has 1 unspecified atom stereocenters. The second kappa shape index (κ2) is 11.0. The van der Waals surface area contributed by atoms with Gasteiger partial charge in [-0.1, -0.05) is 42.5 Å². The van der Waals surface area contributed by atoms with Gasteiger partial charge in [0, 0.05) is 44.0 Å². The fraction of sp³-hybridized carbons (Fsp3) is 0.276. The summed E-state index contributed by atoms with van der Waals surface area (Å²) in [6.07, 6.45) is 1.83. The Morgan fingerprint density at radius 1 is 0.974 bits per heavy atom. The lowest BCUT2D eigenvalue weighted by molar-refractivity contribution is 0.0706. The van der Waals surface area contributed by atoms with Crippen LogP contribution in [0.5, 0.6) is 0 Å². The van der Waals surface area contributed by atoms with Crippen LogP contribution in [0.3, 0.4) is 0 Å². The van der Waals surface area contributed by atoms with Crippen molar-refractivity contribution in [1.82, 2.24) is 29.5 Å². The standard InChI is InChI=1S/C29H31N7O3/c1-19-17-34(13-14-35(19)29(38)39)18-25-10-9-24(16-31-25)23-7-3-21(4-8-23)15-22-5-11-26(12-6-22)36-20(2)32-28(33-36)27(30)37/h3-12,16,19H,13-15,17-18H2,1-2H3,(H2,30,37)(H,38,39). The van der Waals surface area contributed by atoms with Crippen LogP contribution in [0.25, 0.3) is 16.8 Å². The number of hydrogen-bond acceptors (Lipinski definition) is 6. The maximum atomic E-state index is 11.4. The van der Waals surface area contributed by atoms with Crippen LogP contribution < -0.4 is 5.73 Å². The molecular formula is C29H31N7O3. The average Bonchev–Trinajstić information content (AvgIpc) is 3.32. The maximum absolute atomic E-state index is 11.4. The first-order valence-electron chi connectivity index (χ1n) is 12.9. The number of nitrogens with two attached hydrogens (primary N) is 1. The summed E-state index contributed by atoms with van der Waals surface area (Å²) in [6, 6.07) is 20.6. The van der Waals surface area contributed by atoms with Gasteiger partial charge in [0.15, 0.2) is 0 Å². The van der Waals surface area contributed by atoms with E-state index in [0.29, 0.717) is 32.0 Å². The van der Waals surface area contributed by atoms with E-state index in [1.165, 1.54) is 10.5 Å². The van der Waals surface area contributed by atoms with E-state index in [1.54, 1.807) is 11.6 Å². The molecule has 1 saturated heterocycles. The minimum absolute atomic E-state index is 0.00665. The average molecular weight is 526 g/mol. The van der Waals surface area contributed by atoms with Gasteiger partial charge in [-0.2, -0.15) is 0 Å². The Labute approximate surface area is 226 Å². The van der Waals surface area contributed by atoms with Crippen molar-refractivity contribution in [2.75, 3.05) is 19.6 Å². The molecule has 3 N–H and O–H groups in total. The molecule has 1 atom stereocenters. The molecule has 1 fully saturated rings. The minimum atomic E-state index is -0.854. The van der Waals surface area contributed by atoms with Gasteiger partial charge in [-0.15, -0.1) is 5.10 Å². The van der Waals surface area contributed by atoms with Crippen molar-refractivity contribution in [2.45, 2.75) is 32.9 Å². The molecule has 10 nitrogen and oxygen atoms in total. The van der Waals surface area contributed by atoms with Gasteiger partial charge in [-0.3, -0.25) is 14.7 Å². The zero-order valence-corrected chi connectivity index (χ0v) is 22.0. The van der Waals surface area contributed by atoms with Gasteiger partial charge >= 0.3 is 6.09 Å². The normalized spacial score (nSPS) is 15.8. The van der Waals surface area contributed by atoms with Gasteiger partial charge in [0.25, 0.3) is 5.91 Å². The summed E-state index contributed by atoms with van der Waals surface area (Å²) in [5.41, 5.74) is 11.6. The van der Waals surface area contributed by atoms with E-state index in [4.69, 9.17) is 5.73 Å².